The van der Waals surface area contributed by atoms with E-state index in [0.717, 1.165) is 39.0 Å². The van der Waals surface area contributed by atoms with Gasteiger partial charge in [0.15, 0.2) is 0 Å². The molecule has 0 amide bonds. The summed E-state index contributed by atoms with van der Waals surface area (Å²) in [6, 6.07) is 7.20. The monoisotopic (exact) mass is 292 g/mol. The van der Waals surface area contributed by atoms with Gasteiger partial charge in [0.1, 0.15) is 0 Å². The molecule has 1 atom stereocenters. The van der Waals surface area contributed by atoms with Crippen molar-refractivity contribution in [3.63, 3.8) is 0 Å². The van der Waals surface area contributed by atoms with Gasteiger partial charge in [0.2, 0.25) is 0 Å². The van der Waals surface area contributed by atoms with Gasteiger partial charge >= 0.3 is 0 Å². The summed E-state index contributed by atoms with van der Waals surface area (Å²) in [4.78, 5) is 2.35. The van der Waals surface area contributed by atoms with Crippen LogP contribution in [0.25, 0.3) is 0 Å². The van der Waals surface area contributed by atoms with Gasteiger partial charge in [-0.3, -0.25) is 0 Å². The molecule has 3 nitrogen and oxygen atoms in total. The van der Waals surface area contributed by atoms with Crippen LogP contribution in [0.3, 0.4) is 0 Å². The largest absolute Gasteiger partial charge is 0.395 e. The fourth-order valence-corrected chi connectivity index (χ4v) is 2.95. The molecule has 21 heavy (non-hydrogen) atoms. The van der Waals surface area contributed by atoms with Crippen LogP contribution in [-0.4, -0.2) is 42.8 Å². The van der Waals surface area contributed by atoms with Crippen LogP contribution in [0, 0.1) is 13.8 Å². The average molecular weight is 292 g/mol. The van der Waals surface area contributed by atoms with Gasteiger partial charge in [-0.05, 0) is 45.3 Å². The van der Waals surface area contributed by atoms with E-state index >= 15 is 0 Å². The molecule has 1 aromatic carbocycles. The quantitative estimate of drug-likeness (QED) is 0.696. The van der Waals surface area contributed by atoms with E-state index in [-0.39, 0.29) is 6.61 Å². The second-order valence-corrected chi connectivity index (χ2v) is 5.89. The van der Waals surface area contributed by atoms with E-state index < -0.39 is 0 Å². The van der Waals surface area contributed by atoms with Crippen LogP contribution in [0.15, 0.2) is 18.2 Å². The van der Waals surface area contributed by atoms with Crippen molar-refractivity contribution < 1.29 is 5.11 Å². The lowest BCUT2D eigenvalue weighted by atomic mass is 9.99. The molecule has 1 unspecified atom stereocenters. The molecule has 120 valence electrons. The molecule has 0 aromatic heterocycles. The van der Waals surface area contributed by atoms with Gasteiger partial charge in [-0.25, -0.2) is 0 Å². The highest BCUT2D eigenvalue weighted by Crippen LogP contribution is 2.20. The zero-order valence-corrected chi connectivity index (χ0v) is 14.2. The third kappa shape index (κ3) is 6.60. The Kier molecular flexibility index (Phi) is 8.58. The highest BCUT2D eigenvalue weighted by Gasteiger charge is 2.13. The highest BCUT2D eigenvalue weighted by molar-refractivity contribution is 5.30. The van der Waals surface area contributed by atoms with Gasteiger partial charge in [-0.1, -0.05) is 43.2 Å². The first-order valence-corrected chi connectivity index (χ1v) is 8.25. The summed E-state index contributed by atoms with van der Waals surface area (Å²) in [5, 5.41) is 12.8. The van der Waals surface area contributed by atoms with Crippen molar-refractivity contribution >= 4 is 0 Å². The Morgan fingerprint density at radius 1 is 1.05 bits per heavy atom. The molecule has 0 radical (unpaired) electrons. The molecular weight excluding hydrogens is 260 g/mol. The molecule has 1 rings (SSSR count). The molecule has 0 aliphatic rings. The lowest BCUT2D eigenvalue weighted by Gasteiger charge is -2.25. The summed E-state index contributed by atoms with van der Waals surface area (Å²) in [6.07, 6.45) is 2.21. The Labute approximate surface area is 130 Å². The van der Waals surface area contributed by atoms with E-state index in [4.69, 9.17) is 5.11 Å². The molecule has 0 spiro atoms. The Bertz CT molecular complexity index is 380. The second-order valence-electron chi connectivity index (χ2n) is 5.89. The fourth-order valence-electron chi connectivity index (χ4n) is 2.95. The summed E-state index contributed by atoms with van der Waals surface area (Å²) >= 11 is 0. The van der Waals surface area contributed by atoms with E-state index in [1.54, 1.807) is 0 Å². The summed E-state index contributed by atoms with van der Waals surface area (Å²) in [5.41, 5.74) is 4.04. The minimum absolute atomic E-state index is 0.245. The number of benzene rings is 1. The van der Waals surface area contributed by atoms with E-state index in [1.807, 2.05) is 0 Å². The van der Waals surface area contributed by atoms with Crippen LogP contribution in [-0.2, 0) is 0 Å². The predicted molar refractivity (Wildman–Crippen MR) is 90.8 cm³/mol. The maximum absolute atomic E-state index is 9.16. The minimum Gasteiger partial charge on any atom is -0.395 e. The van der Waals surface area contributed by atoms with E-state index in [2.05, 4.69) is 56.1 Å². The van der Waals surface area contributed by atoms with Crippen molar-refractivity contribution in [1.82, 2.24) is 10.2 Å². The Morgan fingerprint density at radius 2 is 1.71 bits per heavy atom. The van der Waals surface area contributed by atoms with E-state index in [0.29, 0.717) is 6.04 Å². The summed E-state index contributed by atoms with van der Waals surface area (Å²) in [7, 11) is 0. The molecular formula is C18H32N2O. The summed E-state index contributed by atoms with van der Waals surface area (Å²) in [6.45, 7) is 12.8. The molecule has 1 aromatic rings. The van der Waals surface area contributed by atoms with Crippen LogP contribution in [0.4, 0.5) is 0 Å². The number of nitrogens with zero attached hydrogens (tertiary/aromatic N) is 1. The first kappa shape index (κ1) is 18.1. The zero-order chi connectivity index (χ0) is 15.7. The number of nitrogens with one attached hydrogen (secondary N) is 1. The molecule has 0 saturated heterocycles. The van der Waals surface area contributed by atoms with Gasteiger partial charge < -0.3 is 15.3 Å². The SMILES string of the molecule is CCCN(CCO)CCC(NCC)c1cc(C)cc(C)c1. The molecule has 2 N–H and O–H groups in total. The van der Waals surface area contributed by atoms with Crippen LogP contribution < -0.4 is 5.32 Å². The van der Waals surface area contributed by atoms with Crippen LogP contribution in [0.2, 0.25) is 0 Å². The Balaban J connectivity index is 2.72. The topological polar surface area (TPSA) is 35.5 Å². The van der Waals surface area contributed by atoms with Crippen LogP contribution in [0.1, 0.15) is 49.4 Å². The van der Waals surface area contributed by atoms with Crippen molar-refractivity contribution in [2.75, 3.05) is 32.8 Å². The number of rotatable bonds is 10. The maximum Gasteiger partial charge on any atom is 0.0558 e. The number of aliphatic hydroxyl groups is 1. The van der Waals surface area contributed by atoms with Crippen LogP contribution >= 0.6 is 0 Å². The van der Waals surface area contributed by atoms with E-state index in [9.17, 15) is 0 Å². The van der Waals surface area contributed by atoms with Crippen molar-refractivity contribution in [3.05, 3.63) is 34.9 Å². The number of hydrogen-bond acceptors (Lipinski definition) is 3. The van der Waals surface area contributed by atoms with Crippen molar-refractivity contribution in [2.24, 2.45) is 0 Å². The number of aliphatic hydroxyl groups excluding tert-OH is 1. The van der Waals surface area contributed by atoms with E-state index in [1.165, 1.54) is 16.7 Å². The second kappa shape index (κ2) is 9.93. The van der Waals surface area contributed by atoms with Gasteiger partial charge in [0.25, 0.3) is 0 Å². The Morgan fingerprint density at radius 3 is 2.24 bits per heavy atom. The normalized spacial score (nSPS) is 12.9. The molecule has 0 bridgehead atoms. The summed E-state index contributed by atoms with van der Waals surface area (Å²) < 4.78 is 0. The molecule has 0 fully saturated rings. The first-order chi connectivity index (χ1) is 10.1. The van der Waals surface area contributed by atoms with Gasteiger partial charge in [0, 0.05) is 19.1 Å². The van der Waals surface area contributed by atoms with Gasteiger partial charge in [-0.2, -0.15) is 0 Å². The third-order valence-corrected chi connectivity index (χ3v) is 3.79. The molecule has 0 saturated carbocycles. The number of aryl methyl sites for hydroxylation is 2. The fraction of sp³-hybridized carbons (Fsp3) is 0.667. The van der Waals surface area contributed by atoms with Gasteiger partial charge in [0.05, 0.1) is 6.61 Å². The summed E-state index contributed by atoms with van der Waals surface area (Å²) in [5.74, 6) is 0. The van der Waals surface area contributed by atoms with Crippen molar-refractivity contribution in [3.8, 4) is 0 Å². The Hall–Kier alpha value is -0.900. The molecule has 0 aliphatic carbocycles. The third-order valence-electron chi connectivity index (χ3n) is 3.79. The first-order valence-electron chi connectivity index (χ1n) is 8.25. The molecule has 0 heterocycles. The lowest BCUT2D eigenvalue weighted by molar-refractivity contribution is 0.189. The highest BCUT2D eigenvalue weighted by atomic mass is 16.3. The minimum atomic E-state index is 0.245. The standard InChI is InChI=1S/C18H32N2O/c1-5-8-20(10-11-21)9-7-18(19-6-2)17-13-15(3)12-16(4)14-17/h12-14,18-19,21H,5-11H2,1-4H3. The lowest BCUT2D eigenvalue weighted by Crippen LogP contribution is -2.32. The van der Waals surface area contributed by atoms with Gasteiger partial charge in [-0.15, -0.1) is 0 Å². The number of hydrogen-bond donors (Lipinski definition) is 2. The maximum atomic E-state index is 9.16. The van der Waals surface area contributed by atoms with Crippen molar-refractivity contribution in [1.29, 1.82) is 0 Å². The van der Waals surface area contributed by atoms with Crippen LogP contribution in [0.5, 0.6) is 0 Å². The predicted octanol–water partition coefficient (Wildman–Crippen LogP) is 3.05. The molecule has 3 heteroatoms. The average Bonchev–Trinajstić information content (AvgIpc) is 2.42. The molecule has 0 aliphatic heterocycles. The smallest absolute Gasteiger partial charge is 0.0558 e. The zero-order valence-electron chi connectivity index (χ0n) is 14.2. The van der Waals surface area contributed by atoms with Crippen molar-refractivity contribution in [2.45, 2.75) is 46.6 Å².